The van der Waals surface area contributed by atoms with E-state index in [0.717, 1.165) is 23.3 Å². The average Bonchev–Trinajstić information content (AvgIpc) is 3.19. The van der Waals surface area contributed by atoms with E-state index in [0.29, 0.717) is 31.7 Å². The summed E-state index contributed by atoms with van der Waals surface area (Å²) >= 11 is 0. The van der Waals surface area contributed by atoms with Gasteiger partial charge < -0.3 is 9.64 Å². The topological polar surface area (TPSA) is 88.2 Å². The molecule has 1 saturated heterocycles. The van der Waals surface area contributed by atoms with Gasteiger partial charge in [0.2, 0.25) is 0 Å². The molecule has 0 radical (unpaired) electrons. The normalized spacial score (nSPS) is 24.1. The third-order valence-corrected chi connectivity index (χ3v) is 7.02. The third kappa shape index (κ3) is 2.23. The minimum atomic E-state index is -3.19. The van der Waals surface area contributed by atoms with Crippen molar-refractivity contribution in [3.8, 4) is 0 Å². The first-order valence-corrected chi connectivity index (χ1v) is 9.70. The summed E-state index contributed by atoms with van der Waals surface area (Å²) in [7, 11) is -3.19. The molecule has 0 bridgehead atoms. The Labute approximate surface area is 135 Å². The Hall–Kier alpha value is -1.67. The fourth-order valence-electron chi connectivity index (χ4n) is 3.46. The summed E-state index contributed by atoms with van der Waals surface area (Å²) in [6.07, 6.45) is 4.32. The molecule has 3 heterocycles. The van der Waals surface area contributed by atoms with E-state index in [4.69, 9.17) is 4.74 Å². The second-order valence-electron chi connectivity index (χ2n) is 6.54. The first-order valence-electron chi connectivity index (χ1n) is 7.81. The lowest BCUT2D eigenvalue weighted by Gasteiger charge is -2.34. The Balaban J connectivity index is 1.89. The maximum absolute atomic E-state index is 12.3. The van der Waals surface area contributed by atoms with Crippen molar-refractivity contribution in [1.29, 1.82) is 0 Å². The van der Waals surface area contributed by atoms with Gasteiger partial charge in [-0.1, -0.05) is 0 Å². The molecule has 0 spiro atoms. The molecule has 1 saturated carbocycles. The summed E-state index contributed by atoms with van der Waals surface area (Å²) < 4.78 is 29.4. The Morgan fingerprint density at radius 1 is 1.43 bits per heavy atom. The zero-order valence-electron chi connectivity index (χ0n) is 13.2. The van der Waals surface area contributed by atoms with E-state index in [1.807, 2.05) is 6.07 Å². The van der Waals surface area contributed by atoms with Gasteiger partial charge in [-0.25, -0.2) is 13.4 Å². The molecule has 124 valence electrons. The van der Waals surface area contributed by atoms with Crippen molar-refractivity contribution in [3.05, 3.63) is 17.8 Å². The highest BCUT2D eigenvalue weighted by Gasteiger charge is 2.54. The van der Waals surface area contributed by atoms with Crippen LogP contribution in [0.3, 0.4) is 0 Å². The van der Waals surface area contributed by atoms with E-state index >= 15 is 0 Å². The lowest BCUT2D eigenvalue weighted by Crippen LogP contribution is -2.44. The third-order valence-electron chi connectivity index (χ3n) is 4.98. The van der Waals surface area contributed by atoms with E-state index in [-0.39, 0.29) is 6.04 Å². The lowest BCUT2D eigenvalue weighted by atomic mass is 10.1. The second kappa shape index (κ2) is 4.91. The fraction of sp³-hybridized carbons (Fsp3) is 0.600. The lowest BCUT2D eigenvalue weighted by molar-refractivity contribution is 0.0985. The number of ether oxygens (including phenoxy) is 1. The standard InChI is InChI=1S/C15H20N4O3S/c1-10-9-22-6-5-19(10)13-7-12(11-8-16-18-14(11)17-13)15(3-4-15)23(2,20)21/h7-8,10H,3-6,9H2,1-2H3,(H,16,17,18). The van der Waals surface area contributed by atoms with Crippen LogP contribution in [0.1, 0.15) is 25.3 Å². The Bertz CT molecular complexity index is 857. The monoisotopic (exact) mass is 336 g/mol. The molecule has 4 rings (SSSR count). The van der Waals surface area contributed by atoms with Crippen LogP contribution in [-0.4, -0.2) is 55.7 Å². The molecule has 1 unspecified atom stereocenters. The number of H-pyrrole nitrogens is 1. The molecule has 0 amide bonds. The van der Waals surface area contributed by atoms with Gasteiger partial charge in [0.15, 0.2) is 15.5 Å². The number of morpholine rings is 1. The van der Waals surface area contributed by atoms with Crippen molar-refractivity contribution in [2.75, 3.05) is 30.9 Å². The molecule has 2 aromatic heterocycles. The number of rotatable bonds is 3. The van der Waals surface area contributed by atoms with Gasteiger partial charge in [-0.3, -0.25) is 5.10 Å². The number of aromatic amines is 1. The minimum absolute atomic E-state index is 0.206. The van der Waals surface area contributed by atoms with Crippen LogP contribution in [-0.2, 0) is 19.3 Å². The molecule has 0 aromatic carbocycles. The SMILES string of the molecule is CC1COCCN1c1cc(C2(S(C)(=O)=O)CC2)c2cn[nH]c2n1. The van der Waals surface area contributed by atoms with Crippen LogP contribution in [0.5, 0.6) is 0 Å². The van der Waals surface area contributed by atoms with Gasteiger partial charge >= 0.3 is 0 Å². The van der Waals surface area contributed by atoms with Crippen LogP contribution < -0.4 is 4.90 Å². The van der Waals surface area contributed by atoms with Crippen LogP contribution in [0, 0.1) is 0 Å². The summed E-state index contributed by atoms with van der Waals surface area (Å²) in [6.45, 7) is 4.13. The summed E-state index contributed by atoms with van der Waals surface area (Å²) in [4.78, 5) is 6.82. The van der Waals surface area contributed by atoms with Gasteiger partial charge in [0.1, 0.15) is 5.82 Å². The number of nitrogens with zero attached hydrogens (tertiary/aromatic N) is 3. The molecule has 7 nitrogen and oxygen atoms in total. The van der Waals surface area contributed by atoms with Crippen LogP contribution >= 0.6 is 0 Å². The maximum Gasteiger partial charge on any atom is 0.157 e. The number of nitrogens with one attached hydrogen (secondary N) is 1. The number of hydrogen-bond acceptors (Lipinski definition) is 6. The highest BCUT2D eigenvalue weighted by molar-refractivity contribution is 7.92. The Morgan fingerprint density at radius 3 is 2.87 bits per heavy atom. The van der Waals surface area contributed by atoms with Crippen molar-refractivity contribution >= 4 is 26.7 Å². The Kier molecular flexibility index (Phi) is 3.18. The van der Waals surface area contributed by atoms with Crippen molar-refractivity contribution in [2.45, 2.75) is 30.6 Å². The summed E-state index contributed by atoms with van der Waals surface area (Å²) in [6, 6.07) is 2.14. The van der Waals surface area contributed by atoms with E-state index in [2.05, 4.69) is 27.0 Å². The summed E-state index contributed by atoms with van der Waals surface area (Å²) in [5, 5.41) is 7.76. The number of aromatic nitrogens is 3. The molecule has 2 aromatic rings. The number of anilines is 1. The number of sulfone groups is 1. The van der Waals surface area contributed by atoms with Crippen molar-refractivity contribution in [3.63, 3.8) is 0 Å². The molecule has 23 heavy (non-hydrogen) atoms. The highest BCUT2D eigenvalue weighted by atomic mass is 32.2. The quantitative estimate of drug-likeness (QED) is 0.906. The average molecular weight is 336 g/mol. The van der Waals surface area contributed by atoms with Crippen molar-refractivity contribution in [2.24, 2.45) is 0 Å². The van der Waals surface area contributed by atoms with Gasteiger partial charge in [0.05, 0.1) is 30.2 Å². The van der Waals surface area contributed by atoms with Gasteiger partial charge in [0, 0.05) is 18.2 Å². The van der Waals surface area contributed by atoms with Crippen LogP contribution in [0.4, 0.5) is 5.82 Å². The molecular formula is C15H20N4O3S. The Morgan fingerprint density at radius 2 is 2.22 bits per heavy atom. The van der Waals surface area contributed by atoms with Crippen LogP contribution in [0.15, 0.2) is 12.3 Å². The number of hydrogen-bond donors (Lipinski definition) is 1. The molecule has 8 heteroatoms. The molecule has 1 N–H and O–H groups in total. The smallest absolute Gasteiger partial charge is 0.157 e. The first-order chi connectivity index (χ1) is 10.9. The minimum Gasteiger partial charge on any atom is -0.377 e. The highest BCUT2D eigenvalue weighted by Crippen LogP contribution is 2.54. The molecule has 2 aliphatic rings. The largest absolute Gasteiger partial charge is 0.377 e. The maximum atomic E-state index is 12.3. The first kappa shape index (κ1) is 14.9. The summed E-state index contributed by atoms with van der Waals surface area (Å²) in [5.41, 5.74) is 1.47. The predicted molar refractivity (Wildman–Crippen MR) is 87.3 cm³/mol. The van der Waals surface area contributed by atoms with Crippen LogP contribution in [0.2, 0.25) is 0 Å². The van der Waals surface area contributed by atoms with E-state index < -0.39 is 14.6 Å². The zero-order chi connectivity index (χ0) is 16.2. The fourth-order valence-corrected chi connectivity index (χ4v) is 4.87. The number of fused-ring (bicyclic) bond motifs is 1. The van der Waals surface area contributed by atoms with E-state index in [9.17, 15) is 8.42 Å². The number of pyridine rings is 1. The second-order valence-corrected chi connectivity index (χ2v) is 8.87. The van der Waals surface area contributed by atoms with Gasteiger partial charge in [-0.05, 0) is 31.4 Å². The van der Waals surface area contributed by atoms with Gasteiger partial charge in [0.25, 0.3) is 0 Å². The summed E-state index contributed by atoms with van der Waals surface area (Å²) in [5.74, 6) is 0.794. The predicted octanol–water partition coefficient (Wildman–Crippen LogP) is 1.22. The molecule has 1 aliphatic carbocycles. The molecule has 2 fully saturated rings. The van der Waals surface area contributed by atoms with Crippen molar-refractivity contribution in [1.82, 2.24) is 15.2 Å². The molecular weight excluding hydrogens is 316 g/mol. The van der Waals surface area contributed by atoms with Gasteiger partial charge in [-0.15, -0.1) is 0 Å². The van der Waals surface area contributed by atoms with E-state index in [1.54, 1.807) is 6.20 Å². The molecule has 1 atom stereocenters. The van der Waals surface area contributed by atoms with Crippen LogP contribution in [0.25, 0.3) is 11.0 Å². The molecule has 1 aliphatic heterocycles. The van der Waals surface area contributed by atoms with E-state index in [1.165, 1.54) is 6.26 Å². The van der Waals surface area contributed by atoms with Crippen molar-refractivity contribution < 1.29 is 13.2 Å². The van der Waals surface area contributed by atoms with Gasteiger partial charge in [-0.2, -0.15) is 5.10 Å². The zero-order valence-corrected chi connectivity index (χ0v) is 14.1.